The molecular formula is C18H23N3O2. The number of nitrogens with two attached hydrogens (primary N) is 1. The highest BCUT2D eigenvalue weighted by Crippen LogP contribution is 2.28. The highest BCUT2D eigenvalue weighted by atomic mass is 16.2. The van der Waals surface area contributed by atoms with E-state index in [1.165, 1.54) is 0 Å². The van der Waals surface area contributed by atoms with E-state index in [9.17, 15) is 9.59 Å². The number of fused-ring (bicyclic) bond motifs is 1. The Labute approximate surface area is 136 Å². The molecule has 3 rings (SSSR count). The molecule has 2 N–H and O–H groups in total. The number of likely N-dealkylation sites (tertiary alicyclic amines) is 1. The van der Waals surface area contributed by atoms with Crippen LogP contribution in [-0.2, 0) is 11.3 Å². The number of primary amides is 1. The van der Waals surface area contributed by atoms with E-state index in [0.717, 1.165) is 28.7 Å². The molecule has 1 aliphatic heterocycles. The first-order valence-electron chi connectivity index (χ1n) is 8.21. The van der Waals surface area contributed by atoms with E-state index in [1.807, 2.05) is 24.0 Å². The second-order valence-corrected chi connectivity index (χ2v) is 6.20. The molecule has 1 aromatic heterocycles. The maximum atomic E-state index is 13.0. The van der Waals surface area contributed by atoms with Crippen molar-refractivity contribution >= 4 is 22.7 Å². The lowest BCUT2D eigenvalue weighted by atomic mass is 9.96. The molecule has 23 heavy (non-hydrogen) atoms. The Hall–Kier alpha value is -2.30. The zero-order valence-corrected chi connectivity index (χ0v) is 13.7. The molecule has 2 aromatic rings. The standard InChI is InChI=1S/C18H23N3O2/c1-3-21-15-7-5-4-6-14(15)12(2)16(21)18(23)20-10-8-13(9-11-20)17(19)22/h4-7,13H,3,8-11H2,1-2H3,(H2,19,22). The monoisotopic (exact) mass is 313 g/mol. The molecule has 0 aliphatic carbocycles. The minimum Gasteiger partial charge on any atom is -0.369 e. The number of para-hydroxylation sites is 1. The van der Waals surface area contributed by atoms with E-state index in [1.54, 1.807) is 0 Å². The van der Waals surface area contributed by atoms with Crippen LogP contribution < -0.4 is 5.73 Å². The van der Waals surface area contributed by atoms with Crippen LogP contribution in [0.5, 0.6) is 0 Å². The van der Waals surface area contributed by atoms with Gasteiger partial charge < -0.3 is 15.2 Å². The van der Waals surface area contributed by atoms with E-state index >= 15 is 0 Å². The molecule has 5 heteroatoms. The maximum absolute atomic E-state index is 13.0. The maximum Gasteiger partial charge on any atom is 0.270 e. The van der Waals surface area contributed by atoms with Gasteiger partial charge >= 0.3 is 0 Å². The summed E-state index contributed by atoms with van der Waals surface area (Å²) in [4.78, 5) is 26.2. The average Bonchev–Trinajstić information content (AvgIpc) is 2.86. The van der Waals surface area contributed by atoms with Gasteiger partial charge in [-0.15, -0.1) is 0 Å². The quantitative estimate of drug-likeness (QED) is 0.944. The Morgan fingerprint density at radius 2 is 1.87 bits per heavy atom. The van der Waals surface area contributed by atoms with Crippen molar-refractivity contribution < 1.29 is 9.59 Å². The third kappa shape index (κ3) is 2.60. The van der Waals surface area contributed by atoms with Gasteiger partial charge in [0.15, 0.2) is 0 Å². The number of benzene rings is 1. The molecule has 1 fully saturated rings. The van der Waals surface area contributed by atoms with Crippen molar-refractivity contribution in [2.24, 2.45) is 11.7 Å². The first-order chi connectivity index (χ1) is 11.0. The van der Waals surface area contributed by atoms with Gasteiger partial charge in [0.05, 0.1) is 0 Å². The van der Waals surface area contributed by atoms with Crippen LogP contribution in [0.4, 0.5) is 0 Å². The normalized spacial score (nSPS) is 16.0. The van der Waals surface area contributed by atoms with Crippen LogP contribution in [-0.4, -0.2) is 34.4 Å². The van der Waals surface area contributed by atoms with Gasteiger partial charge in [0, 0.05) is 36.5 Å². The first kappa shape index (κ1) is 15.6. The predicted octanol–water partition coefficient (Wildman–Crippen LogP) is 2.31. The van der Waals surface area contributed by atoms with Crippen molar-refractivity contribution in [3.05, 3.63) is 35.5 Å². The van der Waals surface area contributed by atoms with Crippen molar-refractivity contribution in [2.45, 2.75) is 33.2 Å². The van der Waals surface area contributed by atoms with Gasteiger partial charge in [0.25, 0.3) is 5.91 Å². The fourth-order valence-electron chi connectivity index (χ4n) is 3.60. The molecule has 2 heterocycles. The van der Waals surface area contributed by atoms with Gasteiger partial charge in [-0.1, -0.05) is 18.2 Å². The van der Waals surface area contributed by atoms with Crippen LogP contribution >= 0.6 is 0 Å². The van der Waals surface area contributed by atoms with Crippen LogP contribution in [0.2, 0.25) is 0 Å². The summed E-state index contributed by atoms with van der Waals surface area (Å²) < 4.78 is 2.09. The zero-order chi connectivity index (χ0) is 16.6. The summed E-state index contributed by atoms with van der Waals surface area (Å²) in [5.74, 6) is -0.295. The van der Waals surface area contributed by atoms with Gasteiger partial charge in [0.1, 0.15) is 5.69 Å². The Morgan fingerprint density at radius 1 is 1.22 bits per heavy atom. The van der Waals surface area contributed by atoms with Gasteiger partial charge in [-0.05, 0) is 38.3 Å². The van der Waals surface area contributed by atoms with E-state index in [-0.39, 0.29) is 17.7 Å². The lowest BCUT2D eigenvalue weighted by Crippen LogP contribution is -2.42. The van der Waals surface area contributed by atoms with Crippen LogP contribution in [0, 0.1) is 12.8 Å². The van der Waals surface area contributed by atoms with Crippen LogP contribution in [0.15, 0.2) is 24.3 Å². The molecule has 5 nitrogen and oxygen atoms in total. The Morgan fingerprint density at radius 3 is 2.48 bits per heavy atom. The van der Waals surface area contributed by atoms with Gasteiger partial charge in [0.2, 0.25) is 5.91 Å². The molecule has 0 atom stereocenters. The summed E-state index contributed by atoms with van der Waals surface area (Å²) in [5, 5.41) is 1.13. The Balaban J connectivity index is 1.93. The summed E-state index contributed by atoms with van der Waals surface area (Å²) >= 11 is 0. The van der Waals surface area contributed by atoms with Crippen molar-refractivity contribution in [1.82, 2.24) is 9.47 Å². The molecule has 0 bridgehead atoms. The second kappa shape index (κ2) is 6.07. The fourth-order valence-corrected chi connectivity index (χ4v) is 3.60. The van der Waals surface area contributed by atoms with Crippen LogP contribution in [0.1, 0.15) is 35.8 Å². The SMILES string of the molecule is CCn1c(C(=O)N2CCC(C(N)=O)CC2)c(C)c2ccccc21. The van der Waals surface area contributed by atoms with Crippen LogP contribution in [0.25, 0.3) is 10.9 Å². The predicted molar refractivity (Wildman–Crippen MR) is 90.2 cm³/mol. The summed E-state index contributed by atoms with van der Waals surface area (Å²) in [7, 11) is 0. The zero-order valence-electron chi connectivity index (χ0n) is 13.7. The van der Waals surface area contributed by atoms with Crippen molar-refractivity contribution in [1.29, 1.82) is 0 Å². The molecule has 1 aromatic carbocycles. The number of carbonyl (C=O) groups excluding carboxylic acids is 2. The summed E-state index contributed by atoms with van der Waals surface area (Å²) in [5.41, 5.74) is 8.28. The third-order valence-electron chi connectivity index (χ3n) is 4.93. The van der Waals surface area contributed by atoms with Crippen molar-refractivity contribution in [2.75, 3.05) is 13.1 Å². The van der Waals surface area contributed by atoms with Gasteiger partial charge in [-0.3, -0.25) is 9.59 Å². The highest BCUT2D eigenvalue weighted by Gasteiger charge is 2.29. The fraction of sp³-hybridized carbons (Fsp3) is 0.444. The molecule has 1 aliphatic rings. The van der Waals surface area contributed by atoms with E-state index < -0.39 is 0 Å². The molecule has 0 radical (unpaired) electrons. The number of piperidine rings is 1. The number of nitrogens with zero attached hydrogens (tertiary/aromatic N) is 2. The van der Waals surface area contributed by atoms with E-state index in [4.69, 9.17) is 5.73 Å². The number of aryl methyl sites for hydroxylation is 2. The largest absolute Gasteiger partial charge is 0.369 e. The Bertz CT molecular complexity index is 755. The van der Waals surface area contributed by atoms with Gasteiger partial charge in [-0.25, -0.2) is 0 Å². The smallest absolute Gasteiger partial charge is 0.270 e. The number of carbonyl (C=O) groups is 2. The number of hydrogen-bond donors (Lipinski definition) is 1. The molecule has 122 valence electrons. The number of hydrogen-bond acceptors (Lipinski definition) is 2. The highest BCUT2D eigenvalue weighted by molar-refractivity contribution is 6.01. The Kier molecular flexibility index (Phi) is 4.11. The van der Waals surface area contributed by atoms with Gasteiger partial charge in [-0.2, -0.15) is 0 Å². The third-order valence-corrected chi connectivity index (χ3v) is 4.93. The molecule has 1 saturated heterocycles. The minimum absolute atomic E-state index is 0.0588. The minimum atomic E-state index is -0.254. The average molecular weight is 313 g/mol. The number of rotatable bonds is 3. The molecule has 0 saturated carbocycles. The number of amides is 2. The molecule has 0 spiro atoms. The van der Waals surface area contributed by atoms with Crippen LogP contribution in [0.3, 0.4) is 0 Å². The molecular weight excluding hydrogens is 290 g/mol. The topological polar surface area (TPSA) is 68.3 Å². The molecule has 2 amide bonds. The van der Waals surface area contributed by atoms with Crippen molar-refractivity contribution in [3.63, 3.8) is 0 Å². The van der Waals surface area contributed by atoms with E-state index in [2.05, 4.69) is 23.6 Å². The first-order valence-corrected chi connectivity index (χ1v) is 8.21. The summed E-state index contributed by atoms with van der Waals surface area (Å²) in [6.07, 6.45) is 1.32. The summed E-state index contributed by atoms with van der Waals surface area (Å²) in [6, 6.07) is 8.12. The lowest BCUT2D eigenvalue weighted by Gasteiger charge is -2.31. The second-order valence-electron chi connectivity index (χ2n) is 6.20. The number of aromatic nitrogens is 1. The summed E-state index contributed by atoms with van der Waals surface area (Å²) in [6.45, 7) is 6.02. The lowest BCUT2D eigenvalue weighted by molar-refractivity contribution is -0.123. The van der Waals surface area contributed by atoms with Crippen molar-refractivity contribution in [3.8, 4) is 0 Å². The molecule has 0 unspecified atom stereocenters. The van der Waals surface area contributed by atoms with E-state index in [0.29, 0.717) is 25.9 Å².